The molecule has 0 aromatic carbocycles. The number of hydrogen-bond donors (Lipinski definition) is 1. The third-order valence-electron chi connectivity index (χ3n) is 3.95. The molecule has 2 aliphatic rings. The predicted octanol–water partition coefficient (Wildman–Crippen LogP) is 1.37. The van der Waals surface area contributed by atoms with Crippen LogP contribution in [0.5, 0.6) is 0 Å². The van der Waals surface area contributed by atoms with Crippen LogP contribution in [-0.4, -0.2) is 42.8 Å². The number of rotatable bonds is 2. The van der Waals surface area contributed by atoms with E-state index in [1.165, 1.54) is 32.2 Å². The van der Waals surface area contributed by atoms with Gasteiger partial charge in [0.25, 0.3) is 0 Å². The van der Waals surface area contributed by atoms with Crippen LogP contribution in [0.15, 0.2) is 0 Å². The second-order valence-corrected chi connectivity index (χ2v) is 4.89. The summed E-state index contributed by atoms with van der Waals surface area (Å²) in [6.07, 6.45) is 6.35. The van der Waals surface area contributed by atoms with Gasteiger partial charge in [0.2, 0.25) is 0 Å². The average Bonchev–Trinajstić information content (AvgIpc) is 2.30. The summed E-state index contributed by atoms with van der Waals surface area (Å²) >= 11 is 0. The van der Waals surface area contributed by atoms with Gasteiger partial charge in [0, 0.05) is 24.7 Å². The summed E-state index contributed by atoms with van der Waals surface area (Å²) in [5.41, 5.74) is 6.21. The van der Waals surface area contributed by atoms with Crippen LogP contribution in [-0.2, 0) is 4.74 Å². The van der Waals surface area contributed by atoms with Gasteiger partial charge in [0.05, 0.1) is 6.61 Å². The first kappa shape index (κ1) is 11.4. The molecule has 2 saturated heterocycles. The molecular weight excluding hydrogens is 188 g/mol. The highest BCUT2D eigenvalue weighted by Crippen LogP contribution is 2.25. The molecular formula is C12H24N2O. The highest BCUT2D eigenvalue weighted by atomic mass is 16.5. The molecule has 2 aliphatic heterocycles. The van der Waals surface area contributed by atoms with E-state index in [-0.39, 0.29) is 0 Å². The minimum Gasteiger partial charge on any atom is -0.380 e. The molecule has 0 saturated carbocycles. The molecule has 3 unspecified atom stereocenters. The first-order chi connectivity index (χ1) is 7.33. The first-order valence-corrected chi connectivity index (χ1v) is 6.42. The number of nitrogens with zero attached hydrogens (tertiary/aromatic N) is 1. The van der Waals surface area contributed by atoms with E-state index >= 15 is 0 Å². The van der Waals surface area contributed by atoms with Gasteiger partial charge >= 0.3 is 0 Å². The van der Waals surface area contributed by atoms with Gasteiger partial charge in [0.15, 0.2) is 0 Å². The molecule has 0 spiro atoms. The number of likely N-dealkylation sites (tertiary alicyclic amines) is 1. The van der Waals surface area contributed by atoms with E-state index in [0.29, 0.717) is 12.1 Å². The maximum Gasteiger partial charge on any atom is 0.0637 e. The van der Waals surface area contributed by atoms with Gasteiger partial charge in [-0.1, -0.05) is 13.3 Å². The van der Waals surface area contributed by atoms with Crippen LogP contribution in [0, 0.1) is 0 Å². The topological polar surface area (TPSA) is 38.5 Å². The molecule has 2 fully saturated rings. The maximum atomic E-state index is 6.21. The SMILES string of the molecule is CCC1CCCCN1C1COCCC1N. The fourth-order valence-electron chi connectivity index (χ4n) is 2.98. The minimum atomic E-state index is 0.325. The van der Waals surface area contributed by atoms with Gasteiger partial charge in [-0.2, -0.15) is 0 Å². The van der Waals surface area contributed by atoms with Gasteiger partial charge < -0.3 is 10.5 Å². The molecule has 88 valence electrons. The van der Waals surface area contributed by atoms with Crippen molar-refractivity contribution in [3.63, 3.8) is 0 Å². The van der Waals surface area contributed by atoms with Gasteiger partial charge in [-0.3, -0.25) is 4.90 Å². The summed E-state index contributed by atoms with van der Waals surface area (Å²) in [7, 11) is 0. The Labute approximate surface area is 93.0 Å². The molecule has 2 rings (SSSR count). The van der Waals surface area contributed by atoms with Gasteiger partial charge in [0.1, 0.15) is 0 Å². The number of piperidine rings is 1. The highest BCUT2D eigenvalue weighted by Gasteiger charge is 2.33. The summed E-state index contributed by atoms with van der Waals surface area (Å²) in [4.78, 5) is 2.62. The normalized spacial score (nSPS) is 39.2. The molecule has 3 nitrogen and oxygen atoms in total. The van der Waals surface area contributed by atoms with E-state index in [9.17, 15) is 0 Å². The molecule has 0 aromatic rings. The van der Waals surface area contributed by atoms with Crippen molar-refractivity contribution in [2.24, 2.45) is 5.73 Å². The fourth-order valence-corrected chi connectivity index (χ4v) is 2.98. The second-order valence-electron chi connectivity index (χ2n) is 4.89. The lowest BCUT2D eigenvalue weighted by molar-refractivity contribution is -0.0228. The Morgan fingerprint density at radius 2 is 2.20 bits per heavy atom. The summed E-state index contributed by atoms with van der Waals surface area (Å²) in [6.45, 7) is 5.21. The third kappa shape index (κ3) is 2.52. The van der Waals surface area contributed by atoms with Crippen LogP contribution in [0.2, 0.25) is 0 Å². The lowest BCUT2D eigenvalue weighted by Gasteiger charge is -2.44. The van der Waals surface area contributed by atoms with Crippen molar-refractivity contribution >= 4 is 0 Å². The average molecular weight is 212 g/mol. The monoisotopic (exact) mass is 212 g/mol. The second kappa shape index (κ2) is 5.28. The van der Waals surface area contributed by atoms with Crippen molar-refractivity contribution in [2.45, 2.75) is 57.2 Å². The van der Waals surface area contributed by atoms with Crippen molar-refractivity contribution < 1.29 is 4.74 Å². The van der Waals surface area contributed by atoms with Crippen LogP contribution in [0.25, 0.3) is 0 Å². The van der Waals surface area contributed by atoms with E-state index in [2.05, 4.69) is 11.8 Å². The first-order valence-electron chi connectivity index (χ1n) is 6.42. The zero-order valence-corrected chi connectivity index (χ0v) is 9.82. The van der Waals surface area contributed by atoms with Gasteiger partial charge in [-0.25, -0.2) is 0 Å². The molecule has 0 aromatic heterocycles. The fraction of sp³-hybridized carbons (Fsp3) is 1.00. The molecule has 3 heteroatoms. The third-order valence-corrected chi connectivity index (χ3v) is 3.95. The van der Waals surface area contributed by atoms with Crippen molar-refractivity contribution in [1.29, 1.82) is 0 Å². The molecule has 0 bridgehead atoms. The standard InChI is InChI=1S/C12H24N2O/c1-2-10-5-3-4-7-14(10)12-9-15-8-6-11(12)13/h10-12H,2-9,13H2,1H3. The van der Waals surface area contributed by atoms with Crippen molar-refractivity contribution in [2.75, 3.05) is 19.8 Å². The van der Waals surface area contributed by atoms with Crippen LogP contribution >= 0.6 is 0 Å². The Morgan fingerprint density at radius 1 is 1.33 bits per heavy atom. The number of nitrogens with two attached hydrogens (primary N) is 1. The molecule has 0 radical (unpaired) electrons. The minimum absolute atomic E-state index is 0.325. The Balaban J connectivity index is 1.99. The van der Waals surface area contributed by atoms with E-state index < -0.39 is 0 Å². The lowest BCUT2D eigenvalue weighted by atomic mass is 9.94. The van der Waals surface area contributed by atoms with Gasteiger partial charge in [-0.15, -0.1) is 0 Å². The van der Waals surface area contributed by atoms with Crippen LogP contribution in [0.4, 0.5) is 0 Å². The summed E-state index contributed by atoms with van der Waals surface area (Å²) in [5, 5.41) is 0. The van der Waals surface area contributed by atoms with E-state index in [1.54, 1.807) is 0 Å². The Bertz CT molecular complexity index is 198. The number of ether oxygens (including phenoxy) is 1. The molecule has 0 amide bonds. The van der Waals surface area contributed by atoms with Crippen LogP contribution < -0.4 is 5.73 Å². The van der Waals surface area contributed by atoms with Crippen molar-refractivity contribution in [1.82, 2.24) is 4.90 Å². The Hall–Kier alpha value is -0.120. The summed E-state index contributed by atoms with van der Waals surface area (Å²) in [5.74, 6) is 0. The largest absolute Gasteiger partial charge is 0.380 e. The van der Waals surface area contributed by atoms with Crippen molar-refractivity contribution in [3.8, 4) is 0 Å². The predicted molar refractivity (Wildman–Crippen MR) is 61.8 cm³/mol. The zero-order valence-electron chi connectivity index (χ0n) is 9.82. The quantitative estimate of drug-likeness (QED) is 0.751. The summed E-state index contributed by atoms with van der Waals surface area (Å²) in [6, 6.07) is 1.55. The van der Waals surface area contributed by atoms with E-state index in [4.69, 9.17) is 10.5 Å². The van der Waals surface area contributed by atoms with E-state index in [0.717, 1.165) is 25.7 Å². The summed E-state index contributed by atoms with van der Waals surface area (Å²) < 4.78 is 5.58. The molecule has 3 atom stereocenters. The van der Waals surface area contributed by atoms with Crippen LogP contribution in [0.1, 0.15) is 39.0 Å². The number of hydrogen-bond acceptors (Lipinski definition) is 3. The Morgan fingerprint density at radius 3 is 2.93 bits per heavy atom. The van der Waals surface area contributed by atoms with Crippen LogP contribution in [0.3, 0.4) is 0 Å². The molecule has 2 N–H and O–H groups in total. The van der Waals surface area contributed by atoms with E-state index in [1.807, 2.05) is 0 Å². The van der Waals surface area contributed by atoms with Gasteiger partial charge in [-0.05, 0) is 32.2 Å². The lowest BCUT2D eigenvalue weighted by Crippen LogP contribution is -2.57. The zero-order chi connectivity index (χ0) is 10.7. The molecule has 2 heterocycles. The Kier molecular flexibility index (Phi) is 4.00. The molecule has 0 aliphatic carbocycles. The highest BCUT2D eigenvalue weighted by molar-refractivity contribution is 4.90. The van der Waals surface area contributed by atoms with Crippen molar-refractivity contribution in [3.05, 3.63) is 0 Å². The maximum absolute atomic E-state index is 6.21. The molecule has 15 heavy (non-hydrogen) atoms. The smallest absolute Gasteiger partial charge is 0.0637 e.